The Balaban J connectivity index is 0.00000225. The molecule has 0 spiro atoms. The van der Waals surface area contributed by atoms with Gasteiger partial charge in [0.25, 0.3) is 0 Å². The molecule has 2 heterocycles. The number of benzene rings is 1. The Kier molecular flexibility index (Phi) is 7.31. The lowest BCUT2D eigenvalue weighted by Crippen LogP contribution is -2.20. The van der Waals surface area contributed by atoms with E-state index in [0.717, 1.165) is 6.42 Å². The van der Waals surface area contributed by atoms with Gasteiger partial charge in [-0.2, -0.15) is 0 Å². The van der Waals surface area contributed by atoms with Gasteiger partial charge in [0.1, 0.15) is 18.0 Å². The zero-order valence-corrected chi connectivity index (χ0v) is 15.6. The van der Waals surface area contributed by atoms with Gasteiger partial charge in [0, 0.05) is 6.42 Å². The quantitative estimate of drug-likeness (QED) is 0.793. The number of aliphatic hydroxyl groups excluding tert-OH is 1. The third-order valence-corrected chi connectivity index (χ3v) is 4.66. The van der Waals surface area contributed by atoms with Crippen molar-refractivity contribution in [3.05, 3.63) is 57.8 Å². The molecule has 0 saturated carbocycles. The lowest BCUT2D eigenvalue weighted by Gasteiger charge is -2.20. The van der Waals surface area contributed by atoms with Gasteiger partial charge in [0.15, 0.2) is 0 Å². The van der Waals surface area contributed by atoms with Crippen LogP contribution in [0.2, 0.25) is 10.0 Å². The third kappa shape index (κ3) is 4.97. The Hall–Kier alpha value is -1.08. The summed E-state index contributed by atoms with van der Waals surface area (Å²) in [5, 5.41) is 11.3. The molecule has 1 aromatic carbocycles. The fourth-order valence-corrected chi connectivity index (χ4v) is 2.83. The highest BCUT2D eigenvalue weighted by Crippen LogP contribution is 2.30. The van der Waals surface area contributed by atoms with Crippen molar-refractivity contribution < 1.29 is 14.6 Å². The number of rotatable bonds is 5. The zero-order chi connectivity index (χ0) is 17.1. The van der Waals surface area contributed by atoms with Crippen molar-refractivity contribution >= 4 is 35.6 Å². The van der Waals surface area contributed by atoms with Crippen LogP contribution in [0.15, 0.2) is 36.5 Å². The Morgan fingerprint density at radius 1 is 1.24 bits per heavy atom. The summed E-state index contributed by atoms with van der Waals surface area (Å²) >= 11 is 11.9. The minimum atomic E-state index is -0.967. The smallest absolute Gasteiger partial charge is 0.138 e. The first-order valence-electron chi connectivity index (χ1n) is 7.63. The summed E-state index contributed by atoms with van der Waals surface area (Å²) in [5.74, 6) is 0.643. The van der Waals surface area contributed by atoms with Crippen molar-refractivity contribution in [3.63, 3.8) is 0 Å². The van der Waals surface area contributed by atoms with Crippen molar-refractivity contribution in [1.29, 1.82) is 0 Å². The predicted octanol–water partition coefficient (Wildman–Crippen LogP) is 3.71. The first-order chi connectivity index (χ1) is 11.5. The van der Waals surface area contributed by atoms with E-state index in [1.807, 2.05) is 0 Å². The molecule has 1 aliphatic rings. The number of hydrogen-bond acceptors (Lipinski definition) is 5. The van der Waals surface area contributed by atoms with Crippen molar-refractivity contribution in [2.45, 2.75) is 24.7 Å². The van der Waals surface area contributed by atoms with Crippen LogP contribution in [0.5, 0.6) is 5.75 Å². The van der Waals surface area contributed by atoms with Gasteiger partial charge in [-0.05, 0) is 29.8 Å². The van der Waals surface area contributed by atoms with Gasteiger partial charge in [-0.25, -0.2) is 0 Å². The molecular weight excluding hydrogens is 387 g/mol. The van der Waals surface area contributed by atoms with Crippen LogP contribution in [-0.4, -0.2) is 29.4 Å². The van der Waals surface area contributed by atoms with Crippen LogP contribution in [-0.2, 0) is 4.74 Å². The number of halogens is 3. The lowest BCUT2D eigenvalue weighted by atomic mass is 10.00. The van der Waals surface area contributed by atoms with E-state index in [4.69, 9.17) is 38.4 Å². The van der Waals surface area contributed by atoms with E-state index in [9.17, 15) is 5.11 Å². The second kappa shape index (κ2) is 9.03. The first kappa shape index (κ1) is 20.2. The van der Waals surface area contributed by atoms with Crippen molar-refractivity contribution in [2.75, 3.05) is 13.2 Å². The monoisotopic (exact) mass is 404 g/mol. The Morgan fingerprint density at radius 3 is 2.64 bits per heavy atom. The largest absolute Gasteiger partial charge is 0.486 e. The van der Waals surface area contributed by atoms with Gasteiger partial charge in [0.05, 0.1) is 41.2 Å². The maximum absolute atomic E-state index is 10.5. The second-order valence-corrected chi connectivity index (χ2v) is 6.48. The average Bonchev–Trinajstić information content (AvgIpc) is 3.10. The van der Waals surface area contributed by atoms with Crippen molar-refractivity contribution in [2.24, 2.45) is 5.73 Å². The molecule has 3 rings (SSSR count). The molecule has 1 aliphatic heterocycles. The van der Waals surface area contributed by atoms with Crippen molar-refractivity contribution in [3.8, 4) is 5.75 Å². The van der Waals surface area contributed by atoms with Crippen LogP contribution in [0.4, 0.5) is 0 Å². The molecule has 1 unspecified atom stereocenters. The van der Waals surface area contributed by atoms with Gasteiger partial charge in [-0.15, -0.1) is 12.4 Å². The topological polar surface area (TPSA) is 77.6 Å². The van der Waals surface area contributed by atoms with E-state index in [1.165, 1.54) is 0 Å². The average molecular weight is 406 g/mol. The summed E-state index contributed by atoms with van der Waals surface area (Å²) in [6.45, 7) is 1.31. The van der Waals surface area contributed by atoms with Gasteiger partial charge in [-0.3, -0.25) is 4.98 Å². The number of pyridine rings is 1. The lowest BCUT2D eigenvalue weighted by molar-refractivity contribution is 0.137. The molecule has 0 radical (unpaired) electrons. The van der Waals surface area contributed by atoms with Crippen molar-refractivity contribution in [1.82, 2.24) is 4.98 Å². The first-order valence-corrected chi connectivity index (χ1v) is 8.39. The number of aliphatic hydroxyl groups is 1. The standard InChI is InChI=1S/C17H18Cl2N2O3.ClH/c18-13-3-1-10(7-14(13)19)16(20)17(22)15-4-2-11(8-21-15)24-12-5-6-23-9-12;/h1-4,7-8,12,16-17,22H,5-6,9,20H2;1H/t12?,16-,17+;/m0./s1. The van der Waals surface area contributed by atoms with E-state index in [2.05, 4.69) is 4.98 Å². The molecule has 5 nitrogen and oxygen atoms in total. The van der Waals surface area contributed by atoms with Crippen LogP contribution in [0.25, 0.3) is 0 Å². The van der Waals surface area contributed by atoms with Crippen LogP contribution in [0.3, 0.4) is 0 Å². The molecule has 25 heavy (non-hydrogen) atoms. The van der Waals surface area contributed by atoms with Crippen LogP contribution >= 0.6 is 35.6 Å². The summed E-state index contributed by atoms with van der Waals surface area (Å²) in [4.78, 5) is 4.25. The molecule has 1 fully saturated rings. The predicted molar refractivity (Wildman–Crippen MR) is 99.7 cm³/mol. The summed E-state index contributed by atoms with van der Waals surface area (Å²) in [5.41, 5.74) is 7.26. The van der Waals surface area contributed by atoms with Gasteiger partial charge >= 0.3 is 0 Å². The summed E-state index contributed by atoms with van der Waals surface area (Å²) in [6.07, 6.45) is 1.54. The number of nitrogens with zero attached hydrogens (tertiary/aromatic N) is 1. The Labute approximate surface area is 162 Å². The van der Waals surface area contributed by atoms with Gasteiger partial charge < -0.3 is 20.3 Å². The normalized spacial score (nSPS) is 19.1. The highest BCUT2D eigenvalue weighted by Gasteiger charge is 2.22. The van der Waals surface area contributed by atoms with Crippen LogP contribution < -0.4 is 10.5 Å². The minimum absolute atomic E-state index is 0. The number of hydrogen-bond donors (Lipinski definition) is 2. The van der Waals surface area contributed by atoms with E-state index in [-0.39, 0.29) is 18.5 Å². The maximum atomic E-state index is 10.5. The molecule has 1 saturated heterocycles. The van der Waals surface area contributed by atoms with E-state index >= 15 is 0 Å². The molecule has 2 aromatic rings. The molecule has 3 atom stereocenters. The molecule has 0 bridgehead atoms. The molecule has 0 amide bonds. The Bertz CT molecular complexity index is 694. The summed E-state index contributed by atoms with van der Waals surface area (Å²) in [7, 11) is 0. The number of aromatic nitrogens is 1. The van der Waals surface area contributed by atoms with Crippen LogP contribution in [0, 0.1) is 0 Å². The fourth-order valence-electron chi connectivity index (χ4n) is 2.52. The molecule has 8 heteroatoms. The number of nitrogens with two attached hydrogens (primary N) is 1. The molecule has 0 aliphatic carbocycles. The SMILES string of the molecule is Cl.N[C@@H](c1ccc(Cl)c(Cl)c1)[C@H](O)c1ccc(OC2CCOC2)cn1. The molecule has 136 valence electrons. The summed E-state index contributed by atoms with van der Waals surface area (Å²) in [6, 6.07) is 7.84. The van der Waals surface area contributed by atoms with E-state index in [1.54, 1.807) is 36.5 Å². The zero-order valence-electron chi connectivity index (χ0n) is 13.3. The molecular formula is C17H19Cl3N2O3. The van der Waals surface area contributed by atoms with E-state index in [0.29, 0.717) is 40.3 Å². The highest BCUT2D eigenvalue weighted by atomic mass is 35.5. The minimum Gasteiger partial charge on any atom is -0.486 e. The maximum Gasteiger partial charge on any atom is 0.138 e. The number of ether oxygens (including phenoxy) is 2. The summed E-state index contributed by atoms with van der Waals surface area (Å²) < 4.78 is 11.0. The molecule has 3 N–H and O–H groups in total. The van der Waals surface area contributed by atoms with Gasteiger partial charge in [-0.1, -0.05) is 29.3 Å². The second-order valence-electron chi connectivity index (χ2n) is 5.67. The van der Waals surface area contributed by atoms with E-state index < -0.39 is 12.1 Å². The third-order valence-electron chi connectivity index (χ3n) is 3.92. The van der Waals surface area contributed by atoms with Gasteiger partial charge in [0.2, 0.25) is 0 Å². The fraction of sp³-hybridized carbons (Fsp3) is 0.353. The van der Waals surface area contributed by atoms with Crippen LogP contribution in [0.1, 0.15) is 29.8 Å². The highest BCUT2D eigenvalue weighted by molar-refractivity contribution is 6.42. The molecule has 1 aromatic heterocycles. The Morgan fingerprint density at radius 2 is 2.04 bits per heavy atom.